The number of benzene rings is 1. The van der Waals surface area contributed by atoms with Crippen LogP contribution in [0.25, 0.3) is 0 Å². The van der Waals surface area contributed by atoms with Gasteiger partial charge in [0.1, 0.15) is 5.84 Å². The number of unbranched alkanes of at least 4 members (excludes halogenated alkanes) is 2. The van der Waals surface area contributed by atoms with Crippen molar-refractivity contribution >= 4 is 5.84 Å². The predicted octanol–water partition coefficient (Wildman–Crippen LogP) is 3.16. The fraction of sp³-hybridized carbons (Fsp3) is 0.533. The third kappa shape index (κ3) is 3.32. The van der Waals surface area contributed by atoms with Gasteiger partial charge in [-0.15, -0.1) is 0 Å². The molecule has 0 aliphatic carbocycles. The lowest BCUT2D eigenvalue weighted by molar-refractivity contribution is 0.713. The van der Waals surface area contributed by atoms with Crippen molar-refractivity contribution in [1.29, 1.82) is 0 Å². The van der Waals surface area contributed by atoms with Crippen molar-refractivity contribution in [1.82, 2.24) is 5.32 Å². The molecule has 0 saturated carbocycles. The Morgan fingerprint density at radius 2 is 2.12 bits per heavy atom. The zero-order chi connectivity index (χ0) is 11.9. The van der Waals surface area contributed by atoms with Gasteiger partial charge in [-0.3, -0.25) is 4.99 Å². The van der Waals surface area contributed by atoms with E-state index >= 15 is 0 Å². The minimum Gasteiger partial charge on any atom is -0.370 e. The first kappa shape index (κ1) is 12.2. The van der Waals surface area contributed by atoms with Gasteiger partial charge in [0.2, 0.25) is 0 Å². The van der Waals surface area contributed by atoms with E-state index in [0.717, 1.165) is 25.3 Å². The summed E-state index contributed by atoms with van der Waals surface area (Å²) >= 11 is 0. The summed E-state index contributed by atoms with van der Waals surface area (Å²) in [5.74, 6) is 1.10. The van der Waals surface area contributed by atoms with Gasteiger partial charge in [0.05, 0.1) is 0 Å². The zero-order valence-electron chi connectivity index (χ0n) is 10.7. The molecule has 2 rings (SSSR count). The zero-order valence-corrected chi connectivity index (χ0v) is 10.7. The Bertz CT molecular complexity index is 382. The number of amidine groups is 1. The summed E-state index contributed by atoms with van der Waals surface area (Å²) in [5.41, 5.74) is 2.75. The fourth-order valence-electron chi connectivity index (χ4n) is 2.25. The smallest absolute Gasteiger partial charge is 0.128 e. The van der Waals surface area contributed by atoms with Crippen LogP contribution < -0.4 is 5.32 Å². The molecular weight excluding hydrogens is 208 g/mol. The van der Waals surface area contributed by atoms with Crippen molar-refractivity contribution < 1.29 is 0 Å². The van der Waals surface area contributed by atoms with E-state index in [9.17, 15) is 0 Å². The van der Waals surface area contributed by atoms with E-state index < -0.39 is 0 Å². The second-order valence-corrected chi connectivity index (χ2v) is 4.62. The normalized spacial score (nSPS) is 15.2. The SMILES string of the molecule is CCCCCc1ccccc1C1=NCCCN1. The molecule has 1 aliphatic rings. The number of nitrogens with one attached hydrogen (secondary N) is 1. The molecule has 1 heterocycles. The highest BCUT2D eigenvalue weighted by molar-refractivity contribution is 6.00. The molecule has 0 bridgehead atoms. The molecule has 92 valence electrons. The van der Waals surface area contributed by atoms with E-state index in [2.05, 4.69) is 41.5 Å². The molecule has 0 spiro atoms. The van der Waals surface area contributed by atoms with E-state index in [1.165, 1.54) is 36.8 Å². The molecule has 0 amide bonds. The largest absolute Gasteiger partial charge is 0.370 e. The first-order chi connectivity index (χ1) is 8.42. The third-order valence-electron chi connectivity index (χ3n) is 3.22. The summed E-state index contributed by atoms with van der Waals surface area (Å²) in [6.45, 7) is 4.27. The van der Waals surface area contributed by atoms with Crippen LogP contribution in [0.4, 0.5) is 0 Å². The monoisotopic (exact) mass is 230 g/mol. The van der Waals surface area contributed by atoms with E-state index in [1.807, 2.05) is 0 Å². The lowest BCUT2D eigenvalue weighted by atomic mass is 10.00. The van der Waals surface area contributed by atoms with Crippen LogP contribution in [0, 0.1) is 0 Å². The summed E-state index contributed by atoms with van der Waals surface area (Å²) in [7, 11) is 0. The second kappa shape index (κ2) is 6.43. The molecular formula is C15H22N2. The number of hydrogen-bond acceptors (Lipinski definition) is 2. The van der Waals surface area contributed by atoms with Crippen molar-refractivity contribution in [3.05, 3.63) is 35.4 Å². The minimum absolute atomic E-state index is 0.964. The average Bonchev–Trinajstić information content (AvgIpc) is 2.41. The van der Waals surface area contributed by atoms with Gasteiger partial charge in [-0.25, -0.2) is 0 Å². The van der Waals surface area contributed by atoms with E-state index in [1.54, 1.807) is 0 Å². The van der Waals surface area contributed by atoms with Crippen molar-refractivity contribution in [3.8, 4) is 0 Å². The van der Waals surface area contributed by atoms with Gasteiger partial charge in [-0.2, -0.15) is 0 Å². The van der Waals surface area contributed by atoms with E-state index in [4.69, 9.17) is 0 Å². The molecule has 2 nitrogen and oxygen atoms in total. The van der Waals surface area contributed by atoms with Crippen molar-refractivity contribution in [2.45, 2.75) is 39.0 Å². The van der Waals surface area contributed by atoms with Crippen LogP contribution in [0.2, 0.25) is 0 Å². The summed E-state index contributed by atoms with van der Waals surface area (Å²) < 4.78 is 0. The van der Waals surface area contributed by atoms with E-state index in [0.29, 0.717) is 0 Å². The molecule has 1 N–H and O–H groups in total. The Balaban J connectivity index is 2.12. The molecule has 1 aliphatic heterocycles. The molecule has 2 heteroatoms. The van der Waals surface area contributed by atoms with Gasteiger partial charge in [-0.05, 0) is 24.8 Å². The highest BCUT2D eigenvalue weighted by atomic mass is 15.0. The predicted molar refractivity (Wildman–Crippen MR) is 73.7 cm³/mol. The van der Waals surface area contributed by atoms with Gasteiger partial charge in [0.15, 0.2) is 0 Å². The topological polar surface area (TPSA) is 24.4 Å². The highest BCUT2D eigenvalue weighted by Crippen LogP contribution is 2.14. The van der Waals surface area contributed by atoms with Gasteiger partial charge in [0, 0.05) is 18.7 Å². The molecule has 0 unspecified atom stereocenters. The summed E-state index contributed by atoms with van der Waals surface area (Å²) in [5, 5.41) is 3.42. The van der Waals surface area contributed by atoms with Gasteiger partial charge >= 0.3 is 0 Å². The van der Waals surface area contributed by atoms with Crippen LogP contribution >= 0.6 is 0 Å². The summed E-state index contributed by atoms with van der Waals surface area (Å²) in [6.07, 6.45) is 6.20. The van der Waals surface area contributed by atoms with Crippen molar-refractivity contribution in [3.63, 3.8) is 0 Å². The maximum absolute atomic E-state index is 4.59. The van der Waals surface area contributed by atoms with Crippen molar-refractivity contribution in [2.24, 2.45) is 4.99 Å². The number of hydrogen-bond donors (Lipinski definition) is 1. The Morgan fingerprint density at radius 3 is 2.88 bits per heavy atom. The lowest BCUT2D eigenvalue weighted by Crippen LogP contribution is -2.30. The Kier molecular flexibility index (Phi) is 4.60. The Labute approximate surface area is 104 Å². The number of rotatable bonds is 5. The molecule has 1 aromatic rings. The number of aliphatic imine (C=N–C) groups is 1. The highest BCUT2D eigenvalue weighted by Gasteiger charge is 2.10. The third-order valence-corrected chi connectivity index (χ3v) is 3.22. The summed E-state index contributed by atoms with van der Waals surface area (Å²) in [6, 6.07) is 8.67. The van der Waals surface area contributed by atoms with Crippen LogP contribution in [0.5, 0.6) is 0 Å². The van der Waals surface area contributed by atoms with Crippen LogP contribution in [0.3, 0.4) is 0 Å². The van der Waals surface area contributed by atoms with Crippen molar-refractivity contribution in [2.75, 3.05) is 13.1 Å². The molecule has 1 aromatic carbocycles. The fourth-order valence-corrected chi connectivity index (χ4v) is 2.25. The summed E-state index contributed by atoms with van der Waals surface area (Å²) in [4.78, 5) is 4.59. The molecule has 0 aromatic heterocycles. The van der Waals surface area contributed by atoms with Gasteiger partial charge in [0.25, 0.3) is 0 Å². The molecule has 0 saturated heterocycles. The second-order valence-electron chi connectivity index (χ2n) is 4.62. The first-order valence-electron chi connectivity index (χ1n) is 6.78. The quantitative estimate of drug-likeness (QED) is 0.772. The molecule has 0 fully saturated rings. The molecule has 0 radical (unpaired) electrons. The Hall–Kier alpha value is -1.31. The standard InChI is InChI=1S/C15H22N2/c1-2-3-4-8-13-9-5-6-10-14(13)15-16-11-7-12-17-15/h5-6,9-10H,2-4,7-8,11-12H2,1H3,(H,16,17). The molecule has 0 atom stereocenters. The first-order valence-corrected chi connectivity index (χ1v) is 6.78. The molecule has 17 heavy (non-hydrogen) atoms. The van der Waals surface area contributed by atoms with Crippen LogP contribution in [-0.4, -0.2) is 18.9 Å². The average molecular weight is 230 g/mol. The van der Waals surface area contributed by atoms with Gasteiger partial charge < -0.3 is 5.32 Å². The lowest BCUT2D eigenvalue weighted by Gasteiger charge is -2.17. The van der Waals surface area contributed by atoms with E-state index in [-0.39, 0.29) is 0 Å². The minimum atomic E-state index is 0.964. The van der Waals surface area contributed by atoms with Crippen LogP contribution in [-0.2, 0) is 6.42 Å². The maximum Gasteiger partial charge on any atom is 0.128 e. The number of nitrogens with zero attached hydrogens (tertiary/aromatic N) is 1. The maximum atomic E-state index is 4.59. The van der Waals surface area contributed by atoms with Crippen LogP contribution in [0.1, 0.15) is 43.7 Å². The number of aryl methyl sites for hydroxylation is 1. The Morgan fingerprint density at radius 1 is 1.24 bits per heavy atom. The van der Waals surface area contributed by atoms with Gasteiger partial charge in [-0.1, -0.05) is 44.0 Å². The van der Waals surface area contributed by atoms with Crippen LogP contribution in [0.15, 0.2) is 29.3 Å².